The van der Waals surface area contributed by atoms with Gasteiger partial charge in [-0.2, -0.15) is 0 Å². The molecule has 0 radical (unpaired) electrons. The Morgan fingerprint density at radius 2 is 1.95 bits per heavy atom. The summed E-state index contributed by atoms with van der Waals surface area (Å²) in [4.78, 5) is 9.59. The van der Waals surface area contributed by atoms with E-state index in [4.69, 9.17) is 9.97 Å². The quantitative estimate of drug-likeness (QED) is 0.927. The first-order chi connectivity index (χ1) is 9.99. The average molecular weight is 281 g/mol. The molecule has 1 heterocycles. The summed E-state index contributed by atoms with van der Waals surface area (Å²) in [7, 11) is 0. The second-order valence-corrected chi connectivity index (χ2v) is 6.73. The first-order valence-electron chi connectivity index (χ1n) is 7.70. The van der Waals surface area contributed by atoms with Crippen LogP contribution in [-0.4, -0.2) is 16.5 Å². The van der Waals surface area contributed by atoms with Crippen molar-refractivity contribution in [3.05, 3.63) is 53.0 Å². The van der Waals surface area contributed by atoms with Gasteiger partial charge in [0.15, 0.2) is 0 Å². The lowest BCUT2D eigenvalue weighted by Crippen LogP contribution is -2.23. The molecule has 1 unspecified atom stereocenters. The highest BCUT2D eigenvalue weighted by molar-refractivity contribution is 5.46. The van der Waals surface area contributed by atoms with Crippen molar-refractivity contribution in [2.75, 3.05) is 11.9 Å². The summed E-state index contributed by atoms with van der Waals surface area (Å²) in [6.45, 7) is 9.56. The van der Waals surface area contributed by atoms with Crippen molar-refractivity contribution in [2.45, 2.75) is 45.4 Å². The second-order valence-electron chi connectivity index (χ2n) is 6.73. The Labute approximate surface area is 126 Å². The van der Waals surface area contributed by atoms with E-state index in [-0.39, 0.29) is 5.41 Å². The van der Waals surface area contributed by atoms with Crippen LogP contribution in [0.25, 0.3) is 0 Å². The number of anilines is 1. The van der Waals surface area contributed by atoms with Crippen molar-refractivity contribution in [1.82, 2.24) is 9.97 Å². The van der Waals surface area contributed by atoms with Crippen LogP contribution in [0.15, 0.2) is 30.3 Å². The Balaban J connectivity index is 2.01. The molecule has 0 saturated heterocycles. The number of benzene rings is 1. The van der Waals surface area contributed by atoms with Crippen molar-refractivity contribution in [2.24, 2.45) is 0 Å². The lowest BCUT2D eigenvalue weighted by molar-refractivity contribution is 0.552. The molecule has 21 heavy (non-hydrogen) atoms. The van der Waals surface area contributed by atoms with E-state index in [0.717, 1.165) is 30.3 Å². The Morgan fingerprint density at radius 3 is 2.62 bits per heavy atom. The molecule has 0 bridgehead atoms. The standard InChI is InChI=1S/C18H23N3/c1-5-19-16-11-15(18(2,3)4)20-17(21-16)14-10-12-8-6-7-9-13(12)14/h6-9,11,14H,5,10H2,1-4H3,(H,19,20,21). The maximum atomic E-state index is 4.86. The zero-order valence-electron chi connectivity index (χ0n) is 13.3. The number of nitrogens with zero attached hydrogens (tertiary/aromatic N) is 2. The third kappa shape index (κ3) is 2.65. The molecule has 0 fully saturated rings. The van der Waals surface area contributed by atoms with E-state index in [1.165, 1.54) is 11.1 Å². The normalized spacial score (nSPS) is 17.0. The molecule has 1 atom stereocenters. The highest BCUT2D eigenvalue weighted by Crippen LogP contribution is 2.39. The molecule has 2 aromatic rings. The van der Waals surface area contributed by atoms with Gasteiger partial charge in [0, 0.05) is 23.9 Å². The van der Waals surface area contributed by atoms with E-state index in [1.807, 2.05) is 0 Å². The van der Waals surface area contributed by atoms with Crippen molar-refractivity contribution in [1.29, 1.82) is 0 Å². The first kappa shape index (κ1) is 14.1. The molecule has 3 nitrogen and oxygen atoms in total. The fourth-order valence-corrected chi connectivity index (χ4v) is 2.77. The van der Waals surface area contributed by atoms with Crippen LogP contribution in [0, 0.1) is 0 Å². The molecule has 0 amide bonds. The summed E-state index contributed by atoms with van der Waals surface area (Å²) in [6.07, 6.45) is 1.05. The number of hydrogen-bond acceptors (Lipinski definition) is 3. The summed E-state index contributed by atoms with van der Waals surface area (Å²) in [5, 5.41) is 3.34. The summed E-state index contributed by atoms with van der Waals surface area (Å²) in [5.41, 5.74) is 3.95. The SMILES string of the molecule is CCNc1cc(C(C)(C)C)nc(C2Cc3ccccc32)n1. The van der Waals surface area contributed by atoms with Gasteiger partial charge in [-0.25, -0.2) is 9.97 Å². The summed E-state index contributed by atoms with van der Waals surface area (Å²) < 4.78 is 0. The van der Waals surface area contributed by atoms with Gasteiger partial charge < -0.3 is 5.32 Å². The van der Waals surface area contributed by atoms with Crippen molar-refractivity contribution in [3.8, 4) is 0 Å². The highest BCUT2D eigenvalue weighted by Gasteiger charge is 2.30. The molecule has 0 spiro atoms. The molecule has 1 aliphatic rings. The van der Waals surface area contributed by atoms with Crippen LogP contribution >= 0.6 is 0 Å². The maximum absolute atomic E-state index is 4.86. The van der Waals surface area contributed by atoms with Gasteiger partial charge in [0.2, 0.25) is 0 Å². The molecular weight excluding hydrogens is 258 g/mol. The minimum atomic E-state index is 0.0329. The largest absolute Gasteiger partial charge is 0.370 e. The van der Waals surface area contributed by atoms with Gasteiger partial charge >= 0.3 is 0 Å². The minimum absolute atomic E-state index is 0.0329. The van der Waals surface area contributed by atoms with Gasteiger partial charge in [0.25, 0.3) is 0 Å². The van der Waals surface area contributed by atoms with Crippen LogP contribution in [-0.2, 0) is 11.8 Å². The molecule has 110 valence electrons. The number of fused-ring (bicyclic) bond motifs is 1. The van der Waals surface area contributed by atoms with E-state index >= 15 is 0 Å². The predicted octanol–water partition coefficient (Wildman–Crippen LogP) is 3.89. The molecule has 1 aromatic heterocycles. The third-order valence-corrected chi connectivity index (χ3v) is 4.04. The van der Waals surface area contributed by atoms with Gasteiger partial charge in [-0.05, 0) is 24.5 Å². The van der Waals surface area contributed by atoms with E-state index in [9.17, 15) is 0 Å². The fraction of sp³-hybridized carbons (Fsp3) is 0.444. The first-order valence-corrected chi connectivity index (χ1v) is 7.70. The van der Waals surface area contributed by atoms with E-state index < -0.39 is 0 Å². The molecule has 3 rings (SSSR count). The third-order valence-electron chi connectivity index (χ3n) is 4.04. The Kier molecular flexibility index (Phi) is 3.44. The van der Waals surface area contributed by atoms with E-state index in [2.05, 4.69) is 63.3 Å². The lowest BCUT2D eigenvalue weighted by Gasteiger charge is -2.30. The van der Waals surface area contributed by atoms with Gasteiger partial charge in [0.1, 0.15) is 11.6 Å². The van der Waals surface area contributed by atoms with Crippen LogP contribution < -0.4 is 5.32 Å². The Bertz CT molecular complexity index is 656. The monoisotopic (exact) mass is 281 g/mol. The zero-order chi connectivity index (χ0) is 15.0. The van der Waals surface area contributed by atoms with Crippen molar-refractivity contribution < 1.29 is 0 Å². The van der Waals surface area contributed by atoms with Crippen LogP contribution in [0.3, 0.4) is 0 Å². The molecule has 0 saturated carbocycles. The maximum Gasteiger partial charge on any atom is 0.138 e. The molecule has 1 N–H and O–H groups in total. The Morgan fingerprint density at radius 1 is 1.19 bits per heavy atom. The number of aromatic nitrogens is 2. The Hall–Kier alpha value is -1.90. The van der Waals surface area contributed by atoms with Crippen molar-refractivity contribution in [3.63, 3.8) is 0 Å². The van der Waals surface area contributed by atoms with Gasteiger partial charge in [0.05, 0.1) is 5.69 Å². The fourth-order valence-electron chi connectivity index (χ4n) is 2.77. The minimum Gasteiger partial charge on any atom is -0.370 e. The number of nitrogens with one attached hydrogen (secondary N) is 1. The molecule has 3 heteroatoms. The van der Waals surface area contributed by atoms with Gasteiger partial charge in [-0.15, -0.1) is 0 Å². The van der Waals surface area contributed by atoms with Gasteiger partial charge in [-0.1, -0.05) is 45.0 Å². The summed E-state index contributed by atoms with van der Waals surface area (Å²) in [6, 6.07) is 10.7. The number of rotatable bonds is 3. The summed E-state index contributed by atoms with van der Waals surface area (Å²) >= 11 is 0. The molecular formula is C18H23N3. The predicted molar refractivity (Wildman–Crippen MR) is 86.9 cm³/mol. The van der Waals surface area contributed by atoms with Gasteiger partial charge in [-0.3, -0.25) is 0 Å². The molecule has 1 aromatic carbocycles. The lowest BCUT2D eigenvalue weighted by atomic mass is 9.77. The number of hydrogen-bond donors (Lipinski definition) is 1. The highest BCUT2D eigenvalue weighted by atomic mass is 15.0. The van der Waals surface area contributed by atoms with Crippen LogP contribution in [0.5, 0.6) is 0 Å². The molecule has 0 aliphatic heterocycles. The summed E-state index contributed by atoms with van der Waals surface area (Å²) in [5.74, 6) is 2.25. The zero-order valence-corrected chi connectivity index (χ0v) is 13.3. The topological polar surface area (TPSA) is 37.8 Å². The van der Waals surface area contributed by atoms with Crippen LogP contribution in [0.1, 0.15) is 56.3 Å². The van der Waals surface area contributed by atoms with Crippen LogP contribution in [0.4, 0.5) is 5.82 Å². The second kappa shape index (κ2) is 5.14. The van der Waals surface area contributed by atoms with Crippen LogP contribution in [0.2, 0.25) is 0 Å². The van der Waals surface area contributed by atoms with Crippen molar-refractivity contribution >= 4 is 5.82 Å². The molecule has 1 aliphatic carbocycles. The average Bonchev–Trinajstić information content (AvgIpc) is 2.39. The smallest absolute Gasteiger partial charge is 0.138 e. The van der Waals surface area contributed by atoms with E-state index in [0.29, 0.717) is 5.92 Å². The van der Waals surface area contributed by atoms with E-state index in [1.54, 1.807) is 0 Å².